The molecule has 3 N–H and O–H groups in total. The lowest BCUT2D eigenvalue weighted by atomic mass is 10.1. The van der Waals surface area contributed by atoms with Gasteiger partial charge in [0.15, 0.2) is 0 Å². The number of ether oxygens (including phenoxy) is 1. The van der Waals surface area contributed by atoms with Crippen LogP contribution in [0.2, 0.25) is 0 Å². The van der Waals surface area contributed by atoms with Gasteiger partial charge >= 0.3 is 0 Å². The maximum atomic E-state index is 13.8. The van der Waals surface area contributed by atoms with Crippen LogP contribution < -0.4 is 15.8 Å². The highest BCUT2D eigenvalue weighted by Gasteiger charge is 2.11. The maximum Gasteiger partial charge on any atom is 0.135 e. The third kappa shape index (κ3) is 3.08. The van der Waals surface area contributed by atoms with E-state index < -0.39 is 5.82 Å². The number of benzene rings is 2. The van der Waals surface area contributed by atoms with Crippen LogP contribution in [0.5, 0.6) is 5.75 Å². The first kappa shape index (κ1) is 14.7. The van der Waals surface area contributed by atoms with Gasteiger partial charge in [-0.3, -0.25) is 0 Å². The Bertz CT molecular complexity index is 664. The molecule has 0 saturated carbocycles. The zero-order valence-electron chi connectivity index (χ0n) is 10.6. The molecule has 2 aromatic rings. The van der Waals surface area contributed by atoms with E-state index in [0.717, 1.165) is 10.2 Å². The van der Waals surface area contributed by atoms with E-state index in [1.165, 1.54) is 6.07 Å². The highest BCUT2D eigenvalue weighted by molar-refractivity contribution is 9.10. The van der Waals surface area contributed by atoms with Crippen LogP contribution in [0.3, 0.4) is 0 Å². The normalized spacial score (nSPS) is 10.2. The minimum atomic E-state index is -0.449. The second-order valence-corrected chi connectivity index (χ2v) is 5.30. The molecule has 0 spiro atoms. The maximum absolute atomic E-state index is 13.8. The fourth-order valence-corrected chi connectivity index (χ4v) is 2.53. The standard InChI is InChI=1S/C14H12BrFN2OS/c1-19-12-6-5-8(7-9(12)15)18-11-4-2-3-10(16)13(11)14(17)20/h2-7,18H,1H3,(H2,17,20). The van der Waals surface area contributed by atoms with E-state index in [1.54, 1.807) is 25.3 Å². The minimum Gasteiger partial charge on any atom is -0.496 e. The van der Waals surface area contributed by atoms with E-state index in [9.17, 15) is 4.39 Å². The Hall–Kier alpha value is -1.66. The molecule has 0 atom stereocenters. The van der Waals surface area contributed by atoms with Crippen LogP contribution in [0.4, 0.5) is 15.8 Å². The van der Waals surface area contributed by atoms with Crippen LogP contribution in [0.1, 0.15) is 5.56 Å². The summed E-state index contributed by atoms with van der Waals surface area (Å²) in [5.74, 6) is 0.263. The summed E-state index contributed by atoms with van der Waals surface area (Å²) in [5, 5.41) is 3.09. The minimum absolute atomic E-state index is 0.0122. The van der Waals surface area contributed by atoms with Crippen LogP contribution in [0, 0.1) is 5.82 Å². The zero-order valence-corrected chi connectivity index (χ0v) is 13.0. The number of nitrogens with two attached hydrogens (primary N) is 1. The van der Waals surface area contributed by atoms with E-state index in [2.05, 4.69) is 21.2 Å². The van der Waals surface area contributed by atoms with Crippen molar-refractivity contribution in [1.29, 1.82) is 0 Å². The third-order valence-corrected chi connectivity index (χ3v) is 3.51. The predicted octanol–water partition coefficient (Wildman–Crippen LogP) is 3.97. The third-order valence-electron chi connectivity index (χ3n) is 2.69. The summed E-state index contributed by atoms with van der Waals surface area (Å²) >= 11 is 8.28. The van der Waals surface area contributed by atoms with Crippen molar-refractivity contribution in [3.8, 4) is 5.75 Å². The first-order chi connectivity index (χ1) is 9.52. The van der Waals surface area contributed by atoms with Crippen LogP contribution in [-0.2, 0) is 0 Å². The predicted molar refractivity (Wildman–Crippen MR) is 86.3 cm³/mol. The Balaban J connectivity index is 2.38. The number of methoxy groups -OCH3 is 1. The summed E-state index contributed by atoms with van der Waals surface area (Å²) in [5.41, 5.74) is 7.06. The molecule has 0 unspecified atom stereocenters. The Morgan fingerprint density at radius 2 is 2.10 bits per heavy atom. The van der Waals surface area contributed by atoms with E-state index in [1.807, 2.05) is 12.1 Å². The van der Waals surface area contributed by atoms with Crippen LogP contribution in [0.25, 0.3) is 0 Å². The van der Waals surface area contributed by atoms with Crippen LogP contribution in [0.15, 0.2) is 40.9 Å². The molecule has 0 radical (unpaired) electrons. The van der Waals surface area contributed by atoms with Gasteiger partial charge in [0, 0.05) is 5.69 Å². The molecule has 104 valence electrons. The van der Waals surface area contributed by atoms with Crippen molar-refractivity contribution in [2.75, 3.05) is 12.4 Å². The number of nitrogens with one attached hydrogen (secondary N) is 1. The Morgan fingerprint density at radius 1 is 1.35 bits per heavy atom. The average molecular weight is 355 g/mol. The highest BCUT2D eigenvalue weighted by Crippen LogP contribution is 2.30. The van der Waals surface area contributed by atoms with Gasteiger partial charge in [-0.25, -0.2) is 4.39 Å². The summed E-state index contributed by atoms with van der Waals surface area (Å²) in [7, 11) is 1.59. The topological polar surface area (TPSA) is 47.3 Å². The summed E-state index contributed by atoms with van der Waals surface area (Å²) in [4.78, 5) is 0.0122. The average Bonchev–Trinajstić information content (AvgIpc) is 2.38. The molecule has 0 aromatic heterocycles. The number of halogens is 2. The summed E-state index contributed by atoms with van der Waals surface area (Å²) in [6, 6.07) is 10.1. The molecular formula is C14H12BrFN2OS. The fraction of sp³-hybridized carbons (Fsp3) is 0.0714. The van der Waals surface area contributed by atoms with Crippen molar-refractivity contribution in [2.24, 2.45) is 5.73 Å². The van der Waals surface area contributed by atoms with Gasteiger partial charge in [0.1, 0.15) is 16.6 Å². The Labute approximate surface area is 130 Å². The van der Waals surface area contributed by atoms with Gasteiger partial charge in [-0.05, 0) is 46.3 Å². The number of anilines is 2. The van der Waals surface area contributed by atoms with Gasteiger partial charge in [-0.2, -0.15) is 0 Å². The molecule has 0 fully saturated rings. The highest BCUT2D eigenvalue weighted by atomic mass is 79.9. The van der Waals surface area contributed by atoms with E-state index in [4.69, 9.17) is 22.7 Å². The first-order valence-electron chi connectivity index (χ1n) is 5.72. The number of hydrogen-bond donors (Lipinski definition) is 2. The van der Waals surface area contributed by atoms with E-state index in [-0.39, 0.29) is 10.6 Å². The lowest BCUT2D eigenvalue weighted by Gasteiger charge is -2.13. The van der Waals surface area contributed by atoms with E-state index in [0.29, 0.717) is 11.4 Å². The van der Waals surface area contributed by atoms with Crippen molar-refractivity contribution >= 4 is 44.5 Å². The monoisotopic (exact) mass is 354 g/mol. The smallest absolute Gasteiger partial charge is 0.135 e. The number of rotatable bonds is 4. The lowest BCUT2D eigenvalue weighted by Crippen LogP contribution is -2.14. The number of hydrogen-bond acceptors (Lipinski definition) is 3. The summed E-state index contributed by atoms with van der Waals surface area (Å²) in [6.07, 6.45) is 0. The molecule has 0 aliphatic carbocycles. The second kappa shape index (κ2) is 6.19. The molecule has 2 rings (SSSR count). The molecule has 6 heteroatoms. The molecule has 3 nitrogen and oxygen atoms in total. The Morgan fingerprint density at radius 3 is 2.70 bits per heavy atom. The molecule has 0 amide bonds. The first-order valence-corrected chi connectivity index (χ1v) is 6.92. The van der Waals surface area contributed by atoms with Crippen molar-refractivity contribution in [3.63, 3.8) is 0 Å². The molecule has 0 heterocycles. The fourth-order valence-electron chi connectivity index (χ4n) is 1.78. The van der Waals surface area contributed by atoms with Gasteiger partial charge in [-0.15, -0.1) is 0 Å². The van der Waals surface area contributed by atoms with Gasteiger partial charge in [0.05, 0.1) is 22.8 Å². The van der Waals surface area contributed by atoms with Gasteiger partial charge in [0.25, 0.3) is 0 Å². The van der Waals surface area contributed by atoms with Crippen LogP contribution in [-0.4, -0.2) is 12.1 Å². The van der Waals surface area contributed by atoms with Crippen molar-refractivity contribution < 1.29 is 9.13 Å². The number of thiocarbonyl (C=S) groups is 1. The zero-order chi connectivity index (χ0) is 14.7. The van der Waals surface area contributed by atoms with Crippen LogP contribution >= 0.6 is 28.1 Å². The van der Waals surface area contributed by atoms with E-state index >= 15 is 0 Å². The molecule has 0 saturated heterocycles. The Kier molecular flexibility index (Phi) is 4.57. The van der Waals surface area contributed by atoms with Crippen molar-refractivity contribution in [1.82, 2.24) is 0 Å². The SMILES string of the molecule is COc1ccc(Nc2cccc(F)c2C(N)=S)cc1Br. The summed E-state index contributed by atoms with van der Waals surface area (Å²) in [6.45, 7) is 0. The molecule has 0 aliphatic heterocycles. The molecule has 2 aromatic carbocycles. The van der Waals surface area contributed by atoms with Crippen molar-refractivity contribution in [2.45, 2.75) is 0 Å². The van der Waals surface area contributed by atoms with Gasteiger partial charge in [-0.1, -0.05) is 18.3 Å². The van der Waals surface area contributed by atoms with Crippen molar-refractivity contribution in [3.05, 3.63) is 52.3 Å². The largest absolute Gasteiger partial charge is 0.496 e. The van der Waals surface area contributed by atoms with Gasteiger partial charge in [0.2, 0.25) is 0 Å². The quantitative estimate of drug-likeness (QED) is 0.815. The second-order valence-electron chi connectivity index (χ2n) is 4.00. The lowest BCUT2D eigenvalue weighted by molar-refractivity contribution is 0.412. The molecule has 0 bridgehead atoms. The van der Waals surface area contributed by atoms with Gasteiger partial charge < -0.3 is 15.8 Å². The molecule has 20 heavy (non-hydrogen) atoms. The summed E-state index contributed by atoms with van der Waals surface area (Å²) < 4.78 is 19.7. The molecule has 0 aliphatic rings. The molecular weight excluding hydrogens is 343 g/mol.